The molecule has 0 radical (unpaired) electrons. The second-order valence-corrected chi connectivity index (χ2v) is 5.58. The highest BCUT2D eigenvalue weighted by atomic mass is 32.2. The largest absolute Gasteiger partial charge is 0.340 e. The third-order valence-corrected chi connectivity index (χ3v) is 3.85. The molecular formula is C9H20N4O3S. The number of hydrogen-bond donors (Lipinski definition) is 2. The Morgan fingerprint density at radius 2 is 1.88 bits per heavy atom. The minimum Gasteiger partial charge on any atom is -0.340 e. The van der Waals surface area contributed by atoms with Crippen molar-refractivity contribution in [3.8, 4) is 0 Å². The van der Waals surface area contributed by atoms with E-state index >= 15 is 0 Å². The number of hydrogen-bond acceptors (Lipinski definition) is 4. The number of rotatable bonds is 5. The van der Waals surface area contributed by atoms with E-state index in [1.807, 2.05) is 7.05 Å². The number of piperazine rings is 1. The molecule has 1 amide bonds. The summed E-state index contributed by atoms with van der Waals surface area (Å²) in [4.78, 5) is 13.4. The molecule has 7 nitrogen and oxygen atoms in total. The van der Waals surface area contributed by atoms with Crippen LogP contribution in [-0.4, -0.2) is 63.3 Å². The molecule has 100 valence electrons. The van der Waals surface area contributed by atoms with Gasteiger partial charge in [-0.25, -0.2) is 5.14 Å². The van der Waals surface area contributed by atoms with Crippen LogP contribution >= 0.6 is 0 Å². The maximum absolute atomic E-state index is 11.7. The van der Waals surface area contributed by atoms with Crippen LogP contribution in [0.15, 0.2) is 0 Å². The minimum atomic E-state index is -3.61. The fourth-order valence-electron chi connectivity index (χ4n) is 1.77. The maximum Gasteiger partial charge on any atom is 0.277 e. The molecule has 0 aromatic heterocycles. The molecule has 1 aliphatic rings. The van der Waals surface area contributed by atoms with E-state index < -0.39 is 10.2 Å². The first-order valence-electron chi connectivity index (χ1n) is 5.65. The molecule has 0 saturated carbocycles. The summed E-state index contributed by atoms with van der Waals surface area (Å²) >= 11 is 0. The third kappa shape index (κ3) is 4.58. The predicted molar refractivity (Wildman–Crippen MR) is 64.4 cm³/mol. The van der Waals surface area contributed by atoms with E-state index in [0.717, 1.165) is 13.0 Å². The van der Waals surface area contributed by atoms with Gasteiger partial charge in [0.05, 0.1) is 0 Å². The Bertz CT molecular complexity index is 349. The van der Waals surface area contributed by atoms with Crippen LogP contribution in [0, 0.1) is 0 Å². The van der Waals surface area contributed by atoms with Gasteiger partial charge < -0.3 is 10.2 Å². The van der Waals surface area contributed by atoms with Gasteiger partial charge in [0.15, 0.2) is 0 Å². The smallest absolute Gasteiger partial charge is 0.277 e. The van der Waals surface area contributed by atoms with E-state index in [0.29, 0.717) is 19.5 Å². The van der Waals surface area contributed by atoms with Gasteiger partial charge in [-0.15, -0.1) is 0 Å². The summed E-state index contributed by atoms with van der Waals surface area (Å²) in [5.41, 5.74) is 0. The van der Waals surface area contributed by atoms with Crippen molar-refractivity contribution in [1.82, 2.24) is 14.5 Å². The van der Waals surface area contributed by atoms with Crippen molar-refractivity contribution in [2.24, 2.45) is 5.14 Å². The van der Waals surface area contributed by atoms with Gasteiger partial charge in [0, 0.05) is 32.6 Å². The van der Waals surface area contributed by atoms with Crippen molar-refractivity contribution in [3.05, 3.63) is 0 Å². The van der Waals surface area contributed by atoms with Gasteiger partial charge in [-0.3, -0.25) is 4.79 Å². The Hall–Kier alpha value is -0.700. The predicted octanol–water partition coefficient (Wildman–Crippen LogP) is -1.67. The second-order valence-electron chi connectivity index (χ2n) is 4.03. The van der Waals surface area contributed by atoms with E-state index in [4.69, 9.17) is 5.14 Å². The fraction of sp³-hybridized carbons (Fsp3) is 0.889. The molecule has 0 spiro atoms. The van der Waals surface area contributed by atoms with Crippen molar-refractivity contribution in [2.45, 2.75) is 12.8 Å². The van der Waals surface area contributed by atoms with E-state index in [1.165, 1.54) is 4.31 Å². The lowest BCUT2D eigenvalue weighted by Gasteiger charge is -2.33. The number of carbonyl (C=O) groups is 1. The summed E-state index contributed by atoms with van der Waals surface area (Å²) in [6.07, 6.45) is 1.29. The lowest BCUT2D eigenvalue weighted by Crippen LogP contribution is -2.52. The summed E-state index contributed by atoms with van der Waals surface area (Å²) in [6, 6.07) is 0. The molecule has 1 saturated heterocycles. The maximum atomic E-state index is 11.7. The first kappa shape index (κ1) is 14.4. The fourth-order valence-corrected chi connectivity index (χ4v) is 2.44. The van der Waals surface area contributed by atoms with Crippen LogP contribution in [-0.2, 0) is 15.0 Å². The standard InChI is InChI=1S/C9H20N4O3S/c1-11-4-2-3-9(14)12-5-7-13(8-6-12)17(10,15)16/h11H,2-8H2,1H3,(H2,10,15,16). The average Bonchev–Trinajstić information content (AvgIpc) is 2.28. The number of amides is 1. The molecule has 8 heteroatoms. The summed E-state index contributed by atoms with van der Waals surface area (Å²) in [5.74, 6) is 0.0781. The van der Waals surface area contributed by atoms with E-state index in [9.17, 15) is 13.2 Å². The Morgan fingerprint density at radius 1 is 1.29 bits per heavy atom. The molecule has 17 heavy (non-hydrogen) atoms. The lowest BCUT2D eigenvalue weighted by atomic mass is 10.2. The first-order valence-corrected chi connectivity index (χ1v) is 7.15. The number of nitrogens with one attached hydrogen (secondary N) is 1. The Morgan fingerprint density at radius 3 is 2.35 bits per heavy atom. The highest BCUT2D eigenvalue weighted by molar-refractivity contribution is 7.86. The monoisotopic (exact) mass is 264 g/mol. The van der Waals surface area contributed by atoms with Crippen LogP contribution in [0.4, 0.5) is 0 Å². The van der Waals surface area contributed by atoms with Crippen molar-refractivity contribution < 1.29 is 13.2 Å². The molecule has 0 bridgehead atoms. The van der Waals surface area contributed by atoms with Crippen LogP contribution in [0.1, 0.15) is 12.8 Å². The molecule has 0 aromatic rings. The summed E-state index contributed by atoms with van der Waals surface area (Å²) in [7, 11) is -1.77. The normalized spacial score (nSPS) is 18.4. The van der Waals surface area contributed by atoms with E-state index in [2.05, 4.69) is 5.32 Å². The molecule has 0 aliphatic carbocycles. The topological polar surface area (TPSA) is 95.7 Å². The molecule has 1 aliphatic heterocycles. The molecule has 0 aromatic carbocycles. The Kier molecular flexibility index (Phi) is 5.31. The van der Waals surface area contributed by atoms with E-state index in [-0.39, 0.29) is 19.0 Å². The minimum absolute atomic E-state index is 0.0781. The van der Waals surface area contributed by atoms with Crippen LogP contribution in [0.5, 0.6) is 0 Å². The first-order chi connectivity index (χ1) is 7.95. The molecule has 0 unspecified atom stereocenters. The zero-order valence-corrected chi connectivity index (χ0v) is 10.9. The van der Waals surface area contributed by atoms with Crippen LogP contribution < -0.4 is 10.5 Å². The number of nitrogens with two attached hydrogens (primary N) is 1. The van der Waals surface area contributed by atoms with Gasteiger partial charge in [0.25, 0.3) is 10.2 Å². The van der Waals surface area contributed by atoms with Gasteiger partial charge in [-0.2, -0.15) is 12.7 Å². The Balaban J connectivity index is 2.34. The summed E-state index contributed by atoms with van der Waals surface area (Å²) in [5, 5.41) is 7.99. The zero-order valence-electron chi connectivity index (χ0n) is 10.1. The number of nitrogens with zero attached hydrogens (tertiary/aromatic N) is 2. The van der Waals surface area contributed by atoms with Crippen molar-refractivity contribution in [2.75, 3.05) is 39.8 Å². The molecule has 1 heterocycles. The van der Waals surface area contributed by atoms with Crippen LogP contribution in [0.3, 0.4) is 0 Å². The quantitative estimate of drug-likeness (QED) is 0.581. The van der Waals surface area contributed by atoms with Crippen molar-refractivity contribution in [1.29, 1.82) is 0 Å². The van der Waals surface area contributed by atoms with Gasteiger partial charge in [0.2, 0.25) is 5.91 Å². The van der Waals surface area contributed by atoms with Crippen molar-refractivity contribution >= 4 is 16.1 Å². The van der Waals surface area contributed by atoms with Crippen molar-refractivity contribution in [3.63, 3.8) is 0 Å². The van der Waals surface area contributed by atoms with Crippen LogP contribution in [0.2, 0.25) is 0 Å². The highest BCUT2D eigenvalue weighted by Gasteiger charge is 2.25. The SMILES string of the molecule is CNCCCC(=O)N1CCN(S(N)(=O)=O)CC1. The molecule has 1 fully saturated rings. The molecular weight excluding hydrogens is 244 g/mol. The summed E-state index contributed by atoms with van der Waals surface area (Å²) < 4.78 is 23.3. The van der Waals surface area contributed by atoms with Gasteiger partial charge in [0.1, 0.15) is 0 Å². The van der Waals surface area contributed by atoms with Gasteiger partial charge >= 0.3 is 0 Å². The number of carbonyl (C=O) groups excluding carboxylic acids is 1. The van der Waals surface area contributed by atoms with Crippen LogP contribution in [0.25, 0.3) is 0 Å². The summed E-state index contributed by atoms with van der Waals surface area (Å²) in [6.45, 7) is 2.24. The molecule has 3 N–H and O–H groups in total. The van der Waals surface area contributed by atoms with Gasteiger partial charge in [-0.1, -0.05) is 0 Å². The lowest BCUT2D eigenvalue weighted by molar-refractivity contribution is -0.132. The van der Waals surface area contributed by atoms with Gasteiger partial charge in [-0.05, 0) is 20.0 Å². The third-order valence-electron chi connectivity index (χ3n) is 2.77. The van der Waals surface area contributed by atoms with E-state index in [1.54, 1.807) is 4.90 Å². The highest BCUT2D eigenvalue weighted by Crippen LogP contribution is 2.06. The zero-order chi connectivity index (χ0) is 12.9. The molecule has 0 atom stereocenters. The average molecular weight is 264 g/mol. The molecule has 1 rings (SSSR count). The Labute approximate surface area is 102 Å². The second kappa shape index (κ2) is 6.29.